The van der Waals surface area contributed by atoms with E-state index in [1.54, 1.807) is 0 Å². The largest absolute Gasteiger partial charge is 0.340 e. The van der Waals surface area contributed by atoms with Gasteiger partial charge in [0.1, 0.15) is 0 Å². The van der Waals surface area contributed by atoms with Gasteiger partial charge in [0.2, 0.25) is 5.91 Å². The predicted molar refractivity (Wildman–Crippen MR) is 53.5 cm³/mol. The van der Waals surface area contributed by atoms with Crippen molar-refractivity contribution in [3.05, 3.63) is 0 Å². The molecule has 0 radical (unpaired) electrons. The van der Waals surface area contributed by atoms with Gasteiger partial charge in [-0.2, -0.15) is 0 Å². The standard InChI is InChI=1S/C10H20N2O/c1-8(2)9(3)10(13)12-6-4-11-5-7-12/h8-9,11H,4-7H2,1-3H3/t9-/m1/s1. The summed E-state index contributed by atoms with van der Waals surface area (Å²) in [7, 11) is 0. The van der Waals surface area contributed by atoms with Crippen LogP contribution in [0.4, 0.5) is 0 Å². The summed E-state index contributed by atoms with van der Waals surface area (Å²) in [5.74, 6) is 0.928. The molecule has 0 aromatic carbocycles. The molecule has 1 saturated heterocycles. The van der Waals surface area contributed by atoms with Gasteiger partial charge < -0.3 is 10.2 Å². The third-order valence-electron chi connectivity index (χ3n) is 2.82. The molecule has 1 rings (SSSR count). The summed E-state index contributed by atoms with van der Waals surface area (Å²) in [4.78, 5) is 13.8. The van der Waals surface area contributed by atoms with E-state index in [4.69, 9.17) is 0 Å². The molecule has 3 heteroatoms. The van der Waals surface area contributed by atoms with E-state index in [9.17, 15) is 4.79 Å². The molecule has 1 aliphatic rings. The number of hydrogen-bond acceptors (Lipinski definition) is 2. The average Bonchev–Trinajstić information content (AvgIpc) is 2.17. The van der Waals surface area contributed by atoms with Crippen LogP contribution in [0, 0.1) is 11.8 Å². The molecule has 1 heterocycles. The van der Waals surface area contributed by atoms with E-state index < -0.39 is 0 Å². The molecule has 0 bridgehead atoms. The first-order valence-electron chi connectivity index (χ1n) is 5.12. The zero-order chi connectivity index (χ0) is 9.84. The van der Waals surface area contributed by atoms with Crippen LogP contribution < -0.4 is 5.32 Å². The summed E-state index contributed by atoms with van der Waals surface area (Å²) in [6.45, 7) is 9.85. The van der Waals surface area contributed by atoms with E-state index >= 15 is 0 Å². The topological polar surface area (TPSA) is 32.3 Å². The lowest BCUT2D eigenvalue weighted by Crippen LogP contribution is -2.48. The Morgan fingerprint density at radius 2 is 1.77 bits per heavy atom. The third-order valence-corrected chi connectivity index (χ3v) is 2.82. The highest BCUT2D eigenvalue weighted by Gasteiger charge is 2.23. The molecule has 1 atom stereocenters. The van der Waals surface area contributed by atoms with Crippen LogP contribution in [0.5, 0.6) is 0 Å². The lowest BCUT2D eigenvalue weighted by atomic mass is 9.96. The van der Waals surface area contributed by atoms with Crippen LogP contribution >= 0.6 is 0 Å². The fraction of sp³-hybridized carbons (Fsp3) is 0.900. The van der Waals surface area contributed by atoms with Gasteiger partial charge in [-0.25, -0.2) is 0 Å². The Morgan fingerprint density at radius 1 is 1.23 bits per heavy atom. The molecule has 76 valence electrons. The lowest BCUT2D eigenvalue weighted by molar-refractivity contribution is -0.136. The Hall–Kier alpha value is -0.570. The summed E-state index contributed by atoms with van der Waals surface area (Å²) in [6.07, 6.45) is 0. The summed E-state index contributed by atoms with van der Waals surface area (Å²) < 4.78 is 0. The number of nitrogens with one attached hydrogen (secondary N) is 1. The average molecular weight is 184 g/mol. The smallest absolute Gasteiger partial charge is 0.225 e. The number of carbonyl (C=O) groups is 1. The first kappa shape index (κ1) is 10.5. The third kappa shape index (κ3) is 2.69. The molecule has 0 spiro atoms. The van der Waals surface area contributed by atoms with Gasteiger partial charge >= 0.3 is 0 Å². The van der Waals surface area contributed by atoms with E-state index in [1.165, 1.54) is 0 Å². The van der Waals surface area contributed by atoms with Crippen LogP contribution in [0.25, 0.3) is 0 Å². The second-order valence-electron chi connectivity index (χ2n) is 4.11. The van der Waals surface area contributed by atoms with Crippen molar-refractivity contribution < 1.29 is 4.79 Å². The minimum atomic E-state index is 0.165. The number of hydrogen-bond donors (Lipinski definition) is 1. The van der Waals surface area contributed by atoms with Crippen molar-refractivity contribution in [2.24, 2.45) is 11.8 Å². The van der Waals surface area contributed by atoms with Crippen molar-refractivity contribution in [2.45, 2.75) is 20.8 Å². The SMILES string of the molecule is CC(C)[C@@H](C)C(=O)N1CCNCC1. The van der Waals surface area contributed by atoms with Gasteiger partial charge in [-0.15, -0.1) is 0 Å². The van der Waals surface area contributed by atoms with Crippen LogP contribution in [0.15, 0.2) is 0 Å². The Balaban J connectivity index is 2.45. The van der Waals surface area contributed by atoms with Crippen LogP contribution in [0.2, 0.25) is 0 Å². The van der Waals surface area contributed by atoms with Gasteiger partial charge in [0, 0.05) is 32.1 Å². The fourth-order valence-corrected chi connectivity index (χ4v) is 1.46. The zero-order valence-corrected chi connectivity index (χ0v) is 8.84. The second kappa shape index (κ2) is 4.61. The van der Waals surface area contributed by atoms with Gasteiger partial charge in [-0.1, -0.05) is 20.8 Å². The highest BCUT2D eigenvalue weighted by Crippen LogP contribution is 2.13. The van der Waals surface area contributed by atoms with E-state index in [-0.39, 0.29) is 5.92 Å². The quantitative estimate of drug-likeness (QED) is 0.685. The maximum Gasteiger partial charge on any atom is 0.225 e. The lowest BCUT2D eigenvalue weighted by Gasteiger charge is -2.30. The van der Waals surface area contributed by atoms with Crippen LogP contribution in [-0.2, 0) is 4.79 Å². The Labute approximate surface area is 80.5 Å². The Morgan fingerprint density at radius 3 is 2.23 bits per heavy atom. The van der Waals surface area contributed by atoms with Crippen molar-refractivity contribution in [3.63, 3.8) is 0 Å². The van der Waals surface area contributed by atoms with Gasteiger partial charge in [-0.05, 0) is 5.92 Å². The van der Waals surface area contributed by atoms with Crippen molar-refractivity contribution >= 4 is 5.91 Å². The van der Waals surface area contributed by atoms with Crippen molar-refractivity contribution in [1.29, 1.82) is 0 Å². The van der Waals surface area contributed by atoms with E-state index in [0.717, 1.165) is 26.2 Å². The number of carbonyl (C=O) groups excluding carboxylic acids is 1. The Kier molecular flexibility index (Phi) is 3.72. The summed E-state index contributed by atoms with van der Waals surface area (Å²) in [5, 5.41) is 3.24. The maximum absolute atomic E-state index is 11.8. The number of rotatable bonds is 2. The molecule has 0 unspecified atom stereocenters. The molecule has 0 saturated carbocycles. The second-order valence-corrected chi connectivity index (χ2v) is 4.11. The summed E-state index contributed by atoms with van der Waals surface area (Å²) in [6, 6.07) is 0. The van der Waals surface area contributed by atoms with E-state index in [0.29, 0.717) is 11.8 Å². The van der Waals surface area contributed by atoms with Gasteiger partial charge in [0.15, 0.2) is 0 Å². The van der Waals surface area contributed by atoms with Gasteiger partial charge in [0.05, 0.1) is 0 Å². The van der Waals surface area contributed by atoms with Crippen LogP contribution in [0.1, 0.15) is 20.8 Å². The minimum absolute atomic E-state index is 0.165. The molecule has 3 nitrogen and oxygen atoms in total. The summed E-state index contributed by atoms with van der Waals surface area (Å²) >= 11 is 0. The normalized spacial score (nSPS) is 20.5. The van der Waals surface area contributed by atoms with Crippen molar-refractivity contribution in [3.8, 4) is 0 Å². The Bertz CT molecular complexity index is 174. The van der Waals surface area contributed by atoms with Crippen LogP contribution in [-0.4, -0.2) is 37.0 Å². The van der Waals surface area contributed by atoms with Gasteiger partial charge in [0.25, 0.3) is 0 Å². The van der Waals surface area contributed by atoms with Gasteiger partial charge in [-0.3, -0.25) is 4.79 Å². The molecule has 0 aliphatic carbocycles. The number of nitrogens with zero attached hydrogens (tertiary/aromatic N) is 1. The predicted octanol–water partition coefficient (Wildman–Crippen LogP) is 0.710. The number of piperazine rings is 1. The summed E-state index contributed by atoms with van der Waals surface area (Å²) in [5.41, 5.74) is 0. The fourth-order valence-electron chi connectivity index (χ4n) is 1.46. The zero-order valence-electron chi connectivity index (χ0n) is 8.84. The molecule has 1 N–H and O–H groups in total. The monoisotopic (exact) mass is 184 g/mol. The molecule has 0 aromatic heterocycles. The molecule has 0 aromatic rings. The first-order valence-corrected chi connectivity index (χ1v) is 5.12. The molecule has 1 amide bonds. The first-order chi connectivity index (χ1) is 6.13. The van der Waals surface area contributed by atoms with Crippen LogP contribution in [0.3, 0.4) is 0 Å². The highest BCUT2D eigenvalue weighted by atomic mass is 16.2. The minimum Gasteiger partial charge on any atom is -0.340 e. The molecule has 1 fully saturated rings. The molecular formula is C10H20N2O. The van der Waals surface area contributed by atoms with Crippen molar-refractivity contribution in [2.75, 3.05) is 26.2 Å². The molecule has 1 aliphatic heterocycles. The van der Waals surface area contributed by atoms with E-state index in [2.05, 4.69) is 19.2 Å². The number of amides is 1. The highest BCUT2D eigenvalue weighted by molar-refractivity contribution is 5.78. The molecule has 13 heavy (non-hydrogen) atoms. The van der Waals surface area contributed by atoms with Crippen molar-refractivity contribution in [1.82, 2.24) is 10.2 Å². The molecular weight excluding hydrogens is 164 g/mol. The maximum atomic E-state index is 11.8. The van der Waals surface area contributed by atoms with E-state index in [1.807, 2.05) is 11.8 Å².